The van der Waals surface area contributed by atoms with Gasteiger partial charge in [0.05, 0.1) is 11.5 Å². The summed E-state index contributed by atoms with van der Waals surface area (Å²) in [5, 5.41) is 11.2. The summed E-state index contributed by atoms with van der Waals surface area (Å²) in [5.74, 6) is -1.53. The summed E-state index contributed by atoms with van der Waals surface area (Å²) in [4.78, 5) is 22.1. The number of carbonyl (C=O) groups excluding carboxylic acids is 1. The topological polar surface area (TPSA) is 70.3 Å². The van der Waals surface area contributed by atoms with Crippen LogP contribution in [0.5, 0.6) is 0 Å². The van der Waals surface area contributed by atoms with Crippen LogP contribution in [0.25, 0.3) is 11.0 Å². The highest BCUT2D eigenvalue weighted by molar-refractivity contribution is 5.91. The van der Waals surface area contributed by atoms with Crippen LogP contribution in [0.15, 0.2) is 46.1 Å². The van der Waals surface area contributed by atoms with Gasteiger partial charge in [0.15, 0.2) is 0 Å². The van der Waals surface area contributed by atoms with Crippen LogP contribution in [0.3, 0.4) is 0 Å². The number of carboxylic acid groups (broad SMARTS) is 1. The third kappa shape index (κ3) is 1.97. The van der Waals surface area contributed by atoms with Gasteiger partial charge in [-0.15, -0.1) is 6.58 Å². The van der Waals surface area contributed by atoms with E-state index in [1.54, 1.807) is 24.3 Å². The molecular weight excluding hydrogens is 220 g/mol. The number of para-hydroxylation sites is 1. The van der Waals surface area contributed by atoms with Crippen molar-refractivity contribution in [3.63, 3.8) is 0 Å². The van der Waals surface area contributed by atoms with E-state index in [0.29, 0.717) is 17.4 Å². The summed E-state index contributed by atoms with van der Waals surface area (Å²) in [6.07, 6.45) is 2.23. The van der Waals surface area contributed by atoms with E-state index in [-0.39, 0.29) is 0 Å². The van der Waals surface area contributed by atoms with Crippen molar-refractivity contribution in [2.45, 2.75) is 6.42 Å². The average Bonchev–Trinajstić information content (AvgIpc) is 2.29. The zero-order valence-electron chi connectivity index (χ0n) is 8.93. The van der Waals surface area contributed by atoms with Crippen molar-refractivity contribution in [1.29, 1.82) is 0 Å². The second kappa shape index (κ2) is 4.25. The van der Waals surface area contributed by atoms with E-state index in [4.69, 9.17) is 4.42 Å². The van der Waals surface area contributed by atoms with E-state index in [0.717, 1.165) is 5.56 Å². The molecule has 0 amide bonds. The van der Waals surface area contributed by atoms with Gasteiger partial charge in [0, 0.05) is 5.39 Å². The third-order valence-electron chi connectivity index (χ3n) is 2.43. The lowest BCUT2D eigenvalue weighted by molar-refractivity contribution is -0.255. The summed E-state index contributed by atoms with van der Waals surface area (Å²) in [7, 11) is 0. The number of carbonyl (C=O) groups is 1. The summed E-state index contributed by atoms with van der Waals surface area (Å²) in [6, 6.07) is 6.51. The third-order valence-corrected chi connectivity index (χ3v) is 2.43. The molecule has 4 heteroatoms. The van der Waals surface area contributed by atoms with E-state index in [1.807, 2.05) is 0 Å². The summed E-state index contributed by atoms with van der Waals surface area (Å²) in [6.45, 7) is 3.61. The number of rotatable bonds is 3. The highest BCUT2D eigenvalue weighted by atomic mass is 16.4. The van der Waals surface area contributed by atoms with Crippen molar-refractivity contribution in [1.82, 2.24) is 0 Å². The molecule has 0 aliphatic rings. The zero-order chi connectivity index (χ0) is 12.4. The normalized spacial score (nSPS) is 10.4. The SMILES string of the molecule is C=CCc1cccc2cc(C(=O)[O-])c(=O)oc12. The second-order valence-electron chi connectivity index (χ2n) is 3.56. The Morgan fingerprint density at radius 2 is 2.24 bits per heavy atom. The highest BCUT2D eigenvalue weighted by Crippen LogP contribution is 2.18. The van der Waals surface area contributed by atoms with Gasteiger partial charge in [0.25, 0.3) is 0 Å². The van der Waals surface area contributed by atoms with Gasteiger partial charge in [-0.05, 0) is 18.1 Å². The Hall–Kier alpha value is -2.36. The fourth-order valence-corrected chi connectivity index (χ4v) is 1.66. The number of allylic oxidation sites excluding steroid dienone is 1. The quantitative estimate of drug-likeness (QED) is 0.578. The molecule has 86 valence electrons. The molecule has 0 saturated carbocycles. The van der Waals surface area contributed by atoms with E-state index in [1.165, 1.54) is 6.07 Å². The first kappa shape index (κ1) is 11.1. The minimum Gasteiger partial charge on any atom is -0.545 e. The van der Waals surface area contributed by atoms with Gasteiger partial charge in [-0.3, -0.25) is 0 Å². The van der Waals surface area contributed by atoms with Gasteiger partial charge in [-0.2, -0.15) is 0 Å². The number of benzene rings is 1. The van der Waals surface area contributed by atoms with Crippen molar-refractivity contribution in [2.24, 2.45) is 0 Å². The maximum absolute atomic E-state index is 11.4. The minimum atomic E-state index is -1.53. The molecule has 0 fully saturated rings. The van der Waals surface area contributed by atoms with Crippen LogP contribution in [-0.4, -0.2) is 5.97 Å². The first-order chi connectivity index (χ1) is 8.13. The van der Waals surface area contributed by atoms with Crippen LogP contribution in [0.2, 0.25) is 0 Å². The van der Waals surface area contributed by atoms with Crippen LogP contribution in [0.4, 0.5) is 0 Å². The van der Waals surface area contributed by atoms with Gasteiger partial charge in [0.2, 0.25) is 0 Å². The van der Waals surface area contributed by atoms with Crippen molar-refractivity contribution in [3.8, 4) is 0 Å². The number of hydrogen-bond acceptors (Lipinski definition) is 4. The van der Waals surface area contributed by atoms with Gasteiger partial charge in [0.1, 0.15) is 5.58 Å². The second-order valence-corrected chi connectivity index (χ2v) is 3.56. The Labute approximate surface area is 96.8 Å². The van der Waals surface area contributed by atoms with E-state index in [9.17, 15) is 14.7 Å². The lowest BCUT2D eigenvalue weighted by Crippen LogP contribution is -2.28. The Kier molecular flexibility index (Phi) is 2.78. The molecule has 0 saturated heterocycles. The molecule has 0 radical (unpaired) electrons. The minimum absolute atomic E-state index is 0.391. The zero-order valence-corrected chi connectivity index (χ0v) is 8.93. The lowest BCUT2D eigenvalue weighted by Gasteiger charge is -2.05. The van der Waals surface area contributed by atoms with Crippen molar-refractivity contribution in [3.05, 3.63) is 58.5 Å². The number of aromatic carboxylic acids is 1. The van der Waals surface area contributed by atoms with Gasteiger partial charge >= 0.3 is 5.63 Å². The van der Waals surface area contributed by atoms with Crippen LogP contribution >= 0.6 is 0 Å². The smallest absolute Gasteiger partial charge is 0.345 e. The Balaban J connectivity index is 2.77. The average molecular weight is 229 g/mol. The molecule has 4 nitrogen and oxygen atoms in total. The van der Waals surface area contributed by atoms with Crippen LogP contribution in [0, 0.1) is 0 Å². The largest absolute Gasteiger partial charge is 0.545 e. The standard InChI is InChI=1S/C13H10O4/c1-2-4-8-5-3-6-9-7-10(12(14)15)13(16)17-11(8)9/h2-3,5-7H,1,4H2,(H,14,15)/p-1. The van der Waals surface area contributed by atoms with Crippen LogP contribution in [-0.2, 0) is 6.42 Å². The van der Waals surface area contributed by atoms with Gasteiger partial charge in [-0.1, -0.05) is 24.3 Å². The number of fused-ring (bicyclic) bond motifs is 1. The molecule has 0 N–H and O–H groups in total. The van der Waals surface area contributed by atoms with E-state index >= 15 is 0 Å². The Bertz CT molecular complexity index is 652. The molecule has 0 atom stereocenters. The monoisotopic (exact) mass is 229 g/mol. The van der Waals surface area contributed by atoms with Crippen LogP contribution in [0.1, 0.15) is 15.9 Å². The van der Waals surface area contributed by atoms with Gasteiger partial charge < -0.3 is 14.3 Å². The van der Waals surface area contributed by atoms with Crippen molar-refractivity contribution >= 4 is 16.9 Å². The molecule has 1 aromatic carbocycles. The molecule has 0 unspecified atom stereocenters. The first-order valence-corrected chi connectivity index (χ1v) is 5.01. The summed E-state index contributed by atoms with van der Waals surface area (Å²) < 4.78 is 5.01. The lowest BCUT2D eigenvalue weighted by atomic mass is 10.1. The number of carboxylic acids is 1. The first-order valence-electron chi connectivity index (χ1n) is 5.01. The molecule has 0 aliphatic heterocycles. The molecule has 0 spiro atoms. The molecule has 2 aromatic rings. The molecule has 2 rings (SSSR count). The molecular formula is C13H9O4-. The fourth-order valence-electron chi connectivity index (χ4n) is 1.66. The van der Waals surface area contributed by atoms with Crippen LogP contribution < -0.4 is 10.7 Å². The predicted molar refractivity (Wildman–Crippen MR) is 60.7 cm³/mol. The maximum atomic E-state index is 11.4. The Morgan fingerprint density at radius 1 is 1.47 bits per heavy atom. The molecule has 17 heavy (non-hydrogen) atoms. The fraction of sp³-hybridized carbons (Fsp3) is 0.0769. The highest BCUT2D eigenvalue weighted by Gasteiger charge is 2.08. The van der Waals surface area contributed by atoms with Gasteiger partial charge in [-0.25, -0.2) is 4.79 Å². The Morgan fingerprint density at radius 3 is 2.88 bits per heavy atom. The van der Waals surface area contributed by atoms with Crippen molar-refractivity contribution in [2.75, 3.05) is 0 Å². The summed E-state index contributed by atoms with van der Waals surface area (Å²) >= 11 is 0. The molecule has 1 aromatic heterocycles. The summed E-state index contributed by atoms with van der Waals surface area (Å²) in [5.41, 5.74) is -0.177. The maximum Gasteiger partial charge on any atom is 0.345 e. The van der Waals surface area contributed by atoms with E-state index < -0.39 is 17.2 Å². The number of hydrogen-bond donors (Lipinski definition) is 0. The molecule has 1 heterocycles. The molecule has 0 bridgehead atoms. The predicted octanol–water partition coefficient (Wildman–Crippen LogP) is 0.885. The van der Waals surface area contributed by atoms with Crippen molar-refractivity contribution < 1.29 is 14.3 Å². The van der Waals surface area contributed by atoms with E-state index in [2.05, 4.69) is 6.58 Å². The molecule has 0 aliphatic carbocycles.